The first-order chi connectivity index (χ1) is 28.7. The van der Waals surface area contributed by atoms with Crippen molar-refractivity contribution in [2.24, 2.45) is 11.7 Å². The molecule has 3 aromatic carbocycles. The lowest BCUT2D eigenvalue weighted by Gasteiger charge is -2.28. The highest BCUT2D eigenvalue weighted by Crippen LogP contribution is 2.32. The second kappa shape index (κ2) is 18.9. The van der Waals surface area contributed by atoms with Crippen molar-refractivity contribution >= 4 is 17.7 Å². The summed E-state index contributed by atoms with van der Waals surface area (Å²) >= 11 is 0. The number of carbonyl (C=O) groups excluding carboxylic acids is 2. The number of nitrogens with one attached hydrogen (secondary N) is 2. The highest BCUT2D eigenvalue weighted by atomic mass is 16.6. The third-order valence-corrected chi connectivity index (χ3v) is 10.3. The lowest BCUT2D eigenvalue weighted by atomic mass is 9.92. The lowest BCUT2D eigenvalue weighted by molar-refractivity contribution is -0.149. The number of carbonyl (C=O) groups is 3. The molecule has 1 saturated heterocycles. The number of aromatic hydroxyl groups is 1. The van der Waals surface area contributed by atoms with Gasteiger partial charge in [0.2, 0.25) is 5.91 Å². The molecule has 0 radical (unpaired) electrons. The van der Waals surface area contributed by atoms with Gasteiger partial charge in [0.05, 0.1) is 30.3 Å². The maximum absolute atomic E-state index is 12.7. The molecule has 0 aliphatic carbocycles. The monoisotopic (exact) mass is 819 g/mol. The second-order valence-corrected chi connectivity index (χ2v) is 14.3. The van der Waals surface area contributed by atoms with Gasteiger partial charge in [0.25, 0.3) is 0 Å². The van der Waals surface area contributed by atoms with E-state index in [2.05, 4.69) is 97.6 Å². The number of carboxylic acid groups (broad SMARTS) is 1. The van der Waals surface area contributed by atoms with Crippen LogP contribution in [0.15, 0.2) is 133 Å². The Hall–Kier alpha value is -6.76. The molecule has 0 bridgehead atoms. The molecule has 1 fully saturated rings. The minimum atomic E-state index is -1.91. The minimum Gasteiger partial charge on any atom is -0.506 e. The summed E-state index contributed by atoms with van der Waals surface area (Å²) in [4.78, 5) is 58.7. The first kappa shape index (κ1) is 42.8. The molecule has 7 rings (SSSR count). The predicted molar refractivity (Wildman–Crippen MR) is 216 cm³/mol. The van der Waals surface area contributed by atoms with Crippen LogP contribution < -0.4 is 16.7 Å². The fourth-order valence-corrected chi connectivity index (χ4v) is 6.86. The van der Waals surface area contributed by atoms with Crippen molar-refractivity contribution in [3.05, 3.63) is 161 Å². The van der Waals surface area contributed by atoms with Crippen molar-refractivity contribution in [1.82, 2.24) is 29.4 Å². The fraction of sp³-hybridized carbons (Fsp3) is 0.256. The van der Waals surface area contributed by atoms with Gasteiger partial charge in [0, 0.05) is 31.4 Å². The number of aliphatic hydroxyl groups is 3. The van der Waals surface area contributed by atoms with Crippen LogP contribution in [-0.2, 0) is 14.3 Å². The Morgan fingerprint density at radius 3 is 2.10 bits per heavy atom. The Morgan fingerprint density at radius 1 is 0.900 bits per heavy atom. The number of aliphatic carboxylic acids is 1. The molecule has 0 spiro atoms. The highest BCUT2D eigenvalue weighted by Gasteiger charge is 2.50. The lowest BCUT2D eigenvalue weighted by Crippen LogP contribution is -2.57. The van der Waals surface area contributed by atoms with Gasteiger partial charge in [0.15, 0.2) is 18.1 Å². The number of benzene rings is 3. The SMILES string of the molecule is CC(=O)c1cn([C@@H]2OC([C@H](NC(=O)[C@@H](N)[C@H](C)[C@H](O)c3ccc(O)cn3)C(=O)O)C(O)C2O)c(=O)[nH]1.c1ccc(-c2ccc(C(c3ccccc3)n3ccnc3)cc2)cc1. The van der Waals surface area contributed by atoms with Gasteiger partial charge in [-0.2, -0.15) is 0 Å². The number of carboxylic acids is 1. The molecule has 3 aromatic heterocycles. The number of hydrogen-bond donors (Lipinski definition) is 8. The zero-order valence-corrected chi connectivity index (χ0v) is 32.5. The number of aromatic amines is 1. The van der Waals surface area contributed by atoms with E-state index in [1.54, 1.807) is 0 Å². The van der Waals surface area contributed by atoms with Crippen LogP contribution in [0.5, 0.6) is 5.75 Å². The molecular formula is C43H45N7O10. The van der Waals surface area contributed by atoms with Crippen LogP contribution in [0, 0.1) is 5.92 Å². The van der Waals surface area contributed by atoms with Gasteiger partial charge in [-0.1, -0.05) is 91.9 Å². The quantitative estimate of drug-likeness (QED) is 0.0780. The molecule has 1 aliphatic heterocycles. The smallest absolute Gasteiger partial charge is 0.329 e. The third-order valence-electron chi connectivity index (χ3n) is 10.3. The molecule has 9 N–H and O–H groups in total. The normalized spacial score (nSPS) is 19.8. The number of Topliss-reactive ketones (excluding diaryl/α,β-unsaturated/α-hetero) is 1. The van der Waals surface area contributed by atoms with E-state index in [1.807, 2.05) is 30.9 Å². The topological polar surface area (TPSA) is 268 Å². The van der Waals surface area contributed by atoms with E-state index in [0.717, 1.165) is 17.0 Å². The molecule has 60 heavy (non-hydrogen) atoms. The summed E-state index contributed by atoms with van der Waals surface area (Å²) in [6, 6.07) is 29.2. The Labute approximate surface area is 343 Å². The van der Waals surface area contributed by atoms with Crippen LogP contribution in [0.3, 0.4) is 0 Å². The maximum Gasteiger partial charge on any atom is 0.329 e. The van der Waals surface area contributed by atoms with Crippen LogP contribution in [0.25, 0.3) is 11.1 Å². The van der Waals surface area contributed by atoms with Gasteiger partial charge in [-0.25, -0.2) is 14.6 Å². The van der Waals surface area contributed by atoms with Crippen LogP contribution in [0.1, 0.15) is 59.5 Å². The summed E-state index contributed by atoms with van der Waals surface area (Å²) < 4.78 is 8.39. The summed E-state index contributed by atoms with van der Waals surface area (Å²) in [5.41, 5.74) is 10.1. The first-order valence-electron chi connectivity index (χ1n) is 18.9. The average Bonchev–Trinajstić information content (AvgIpc) is 4.00. The van der Waals surface area contributed by atoms with E-state index in [0.29, 0.717) is 0 Å². The van der Waals surface area contributed by atoms with Crippen molar-refractivity contribution in [2.45, 2.75) is 62.6 Å². The van der Waals surface area contributed by atoms with Crippen LogP contribution in [0.2, 0.25) is 0 Å². The van der Waals surface area contributed by atoms with Crippen molar-refractivity contribution in [3.63, 3.8) is 0 Å². The Bertz CT molecular complexity index is 2410. The number of amides is 1. The summed E-state index contributed by atoms with van der Waals surface area (Å²) in [5.74, 6) is -4.24. The van der Waals surface area contributed by atoms with Crippen LogP contribution in [-0.4, -0.2) is 97.7 Å². The molecule has 0 saturated carbocycles. The van der Waals surface area contributed by atoms with Gasteiger partial charge in [-0.3, -0.25) is 19.1 Å². The van der Waals surface area contributed by atoms with Crippen LogP contribution in [0.4, 0.5) is 0 Å². The molecule has 4 unspecified atom stereocenters. The standard InChI is InChI=1S/C22H18N2.C21H27N5O10/c1-3-7-18(8-4-1)19-11-13-21(14-12-19)22(24-16-15-23-17-24)20-9-5-2-6-10-20;1-7(14(29)10-4-3-9(28)5-23-10)12(22)18(32)25-13(20(33)34)17-15(30)16(31)19(36-17)26-6-11(8(2)27)24-21(26)35/h1-17,22H;3-7,12-17,19,28-31H,22H2,1-2H3,(H,24,35)(H,25,32)(H,33,34)/t;7-,12-,13-,14-,15?,16?,17?,19+/m.0/s1. The molecule has 6 aromatic rings. The third kappa shape index (κ3) is 9.57. The summed E-state index contributed by atoms with van der Waals surface area (Å²) in [6.45, 7) is 2.61. The largest absolute Gasteiger partial charge is 0.506 e. The minimum absolute atomic E-state index is 0.0986. The fourth-order valence-electron chi connectivity index (χ4n) is 6.86. The summed E-state index contributed by atoms with van der Waals surface area (Å²) in [6.07, 6.45) is -0.372. The number of nitrogens with two attached hydrogens (primary N) is 1. The molecular weight excluding hydrogens is 775 g/mol. The average molecular weight is 820 g/mol. The molecule has 312 valence electrons. The van der Waals surface area contributed by atoms with E-state index in [-0.39, 0.29) is 23.2 Å². The molecule has 1 amide bonds. The van der Waals surface area contributed by atoms with Gasteiger partial charge < -0.3 is 50.9 Å². The van der Waals surface area contributed by atoms with E-state index in [4.69, 9.17) is 10.5 Å². The first-order valence-corrected chi connectivity index (χ1v) is 18.9. The number of H-pyrrole nitrogens is 1. The number of rotatable bonds is 13. The molecule has 17 nitrogen and oxygen atoms in total. The van der Waals surface area contributed by atoms with Gasteiger partial charge in [0.1, 0.15) is 35.9 Å². The summed E-state index contributed by atoms with van der Waals surface area (Å²) in [5, 5.41) is 52.5. The summed E-state index contributed by atoms with van der Waals surface area (Å²) in [7, 11) is 0. The number of ether oxygens (including phenoxy) is 1. The van der Waals surface area contributed by atoms with E-state index < -0.39 is 72.0 Å². The number of imidazole rings is 2. The number of pyridine rings is 1. The van der Waals surface area contributed by atoms with E-state index >= 15 is 0 Å². The molecule has 4 heterocycles. The maximum atomic E-state index is 12.7. The van der Waals surface area contributed by atoms with E-state index in [1.165, 1.54) is 48.2 Å². The number of aromatic nitrogens is 5. The van der Waals surface area contributed by atoms with Crippen molar-refractivity contribution in [3.8, 4) is 16.9 Å². The Morgan fingerprint density at radius 2 is 1.53 bits per heavy atom. The van der Waals surface area contributed by atoms with Gasteiger partial charge in [-0.15, -0.1) is 0 Å². The number of aliphatic hydroxyl groups excluding tert-OH is 3. The Kier molecular flexibility index (Phi) is 13.5. The molecule has 9 atom stereocenters. The molecule has 17 heteroatoms. The van der Waals surface area contributed by atoms with Crippen molar-refractivity contribution < 1.29 is 44.7 Å². The number of nitrogens with zero attached hydrogens (tertiary/aromatic N) is 4. The molecule has 1 aliphatic rings. The number of hydrogen-bond acceptors (Lipinski definition) is 12. The number of ketones is 1. The predicted octanol–water partition coefficient (Wildman–Crippen LogP) is 2.55. The van der Waals surface area contributed by atoms with Crippen LogP contribution >= 0.6 is 0 Å². The van der Waals surface area contributed by atoms with Crippen molar-refractivity contribution in [2.75, 3.05) is 0 Å². The van der Waals surface area contributed by atoms with E-state index in [9.17, 15) is 44.7 Å². The van der Waals surface area contributed by atoms with Crippen molar-refractivity contribution in [1.29, 1.82) is 0 Å². The van der Waals surface area contributed by atoms with Gasteiger partial charge >= 0.3 is 11.7 Å². The Balaban J connectivity index is 0.000000217. The second-order valence-electron chi connectivity index (χ2n) is 14.3. The highest BCUT2D eigenvalue weighted by molar-refractivity contribution is 5.91. The zero-order chi connectivity index (χ0) is 43.1. The zero-order valence-electron chi connectivity index (χ0n) is 32.5. The van der Waals surface area contributed by atoms with Gasteiger partial charge in [-0.05, 0) is 34.4 Å².